The summed E-state index contributed by atoms with van der Waals surface area (Å²) >= 11 is 5.28. The van der Waals surface area contributed by atoms with Crippen LogP contribution < -0.4 is 5.32 Å². The van der Waals surface area contributed by atoms with Crippen molar-refractivity contribution in [2.75, 3.05) is 5.32 Å². The fourth-order valence-electron chi connectivity index (χ4n) is 1.85. The number of alkyl halides is 6. The number of hydrogen-bond acceptors (Lipinski definition) is 2. The monoisotopic (exact) mass is 302 g/mol. The van der Waals surface area contributed by atoms with Gasteiger partial charge in [-0.1, -0.05) is 18.2 Å². The number of benzene rings is 1. The Hall–Kier alpha value is -1.44. The maximum absolute atomic E-state index is 13.0. The Bertz CT molecular complexity index is 520. The lowest BCUT2D eigenvalue weighted by Gasteiger charge is -2.37. The van der Waals surface area contributed by atoms with Gasteiger partial charge >= 0.3 is 12.4 Å². The third kappa shape index (κ3) is 1.94. The predicted octanol–water partition coefficient (Wildman–Crippen LogP) is 4.03. The fourth-order valence-corrected chi connectivity index (χ4v) is 2.08. The minimum absolute atomic E-state index is 0.378. The number of fused-ring (bicyclic) bond motifs is 1. The Morgan fingerprint density at radius 1 is 1.00 bits per heavy atom. The van der Waals surface area contributed by atoms with Crippen molar-refractivity contribution in [3.05, 3.63) is 29.8 Å². The van der Waals surface area contributed by atoms with E-state index in [2.05, 4.69) is 10.3 Å². The van der Waals surface area contributed by atoms with Crippen LogP contribution in [0.15, 0.2) is 29.3 Å². The normalized spacial score (nSPS) is 18.4. The molecule has 1 aromatic rings. The quantitative estimate of drug-likeness (QED) is 0.568. The Morgan fingerprint density at radius 3 is 2.05 bits per heavy atom. The van der Waals surface area contributed by atoms with E-state index in [1.54, 1.807) is 0 Å². The number of nitrogens with zero attached hydrogens (tertiary/aromatic N) is 1. The zero-order valence-electron chi connectivity index (χ0n) is 8.90. The Kier molecular flexibility index (Phi) is 2.96. The molecule has 2 rings (SSSR count). The maximum Gasteiger partial charge on any atom is 0.427 e. The van der Waals surface area contributed by atoms with Crippen molar-refractivity contribution in [3.63, 3.8) is 0 Å². The van der Waals surface area contributed by atoms with Gasteiger partial charge in [0.2, 0.25) is 0 Å². The van der Waals surface area contributed by atoms with E-state index in [9.17, 15) is 26.3 Å². The molecule has 0 radical (unpaired) electrons. The van der Waals surface area contributed by atoms with Crippen LogP contribution in [0.4, 0.5) is 32.0 Å². The van der Waals surface area contributed by atoms with Crippen LogP contribution in [0.2, 0.25) is 0 Å². The first-order chi connectivity index (χ1) is 8.59. The molecule has 9 heteroatoms. The van der Waals surface area contributed by atoms with Crippen molar-refractivity contribution in [2.45, 2.75) is 17.9 Å². The average Bonchev–Trinajstić information content (AvgIpc) is 2.24. The molecule has 0 saturated heterocycles. The van der Waals surface area contributed by atoms with Gasteiger partial charge in [-0.25, -0.2) is 4.99 Å². The van der Waals surface area contributed by atoms with Gasteiger partial charge in [-0.15, -0.1) is 0 Å². The van der Waals surface area contributed by atoms with Gasteiger partial charge in [0.15, 0.2) is 5.29 Å². The minimum atomic E-state index is -5.66. The molecule has 1 heterocycles. The molecule has 0 amide bonds. The van der Waals surface area contributed by atoms with E-state index in [4.69, 9.17) is 11.6 Å². The summed E-state index contributed by atoms with van der Waals surface area (Å²) in [6, 6.07) is 4.15. The number of para-hydroxylation sites is 1. The smallest absolute Gasteiger partial charge is 0.330 e. The molecule has 1 aliphatic heterocycles. The summed E-state index contributed by atoms with van der Waals surface area (Å²) in [6.45, 7) is 0. The summed E-state index contributed by atoms with van der Waals surface area (Å²) < 4.78 is 78.2. The molecule has 0 aliphatic carbocycles. The van der Waals surface area contributed by atoms with Crippen molar-refractivity contribution in [1.29, 1.82) is 0 Å². The van der Waals surface area contributed by atoms with Crippen molar-refractivity contribution < 1.29 is 26.3 Å². The van der Waals surface area contributed by atoms with Gasteiger partial charge < -0.3 is 5.32 Å². The number of aliphatic imine (C=N–C) groups is 1. The highest BCUT2D eigenvalue weighted by Gasteiger charge is 2.74. The molecule has 0 saturated carbocycles. The molecule has 1 aliphatic rings. The zero-order chi connectivity index (χ0) is 14.5. The van der Waals surface area contributed by atoms with Gasteiger partial charge in [-0.3, -0.25) is 0 Å². The molecule has 0 unspecified atom stereocenters. The van der Waals surface area contributed by atoms with Crippen LogP contribution in [0.1, 0.15) is 5.56 Å². The summed E-state index contributed by atoms with van der Waals surface area (Å²) in [5.74, 6) is 0. The van der Waals surface area contributed by atoms with E-state index in [-0.39, 0.29) is 5.69 Å². The van der Waals surface area contributed by atoms with Gasteiger partial charge in [0, 0.05) is 11.3 Å². The van der Waals surface area contributed by atoms with E-state index < -0.39 is 28.7 Å². The second-order valence-corrected chi connectivity index (χ2v) is 4.14. The van der Waals surface area contributed by atoms with Crippen LogP contribution in [0.3, 0.4) is 0 Å². The summed E-state index contributed by atoms with van der Waals surface area (Å²) in [7, 11) is 0. The molecule has 0 aromatic heterocycles. The van der Waals surface area contributed by atoms with Crippen LogP contribution in [-0.4, -0.2) is 17.6 Å². The molecule has 0 bridgehead atoms. The molecular weight excluding hydrogens is 298 g/mol. The average molecular weight is 303 g/mol. The molecule has 2 nitrogen and oxygen atoms in total. The highest BCUT2D eigenvalue weighted by Crippen LogP contribution is 2.56. The van der Waals surface area contributed by atoms with Crippen molar-refractivity contribution >= 4 is 22.6 Å². The van der Waals surface area contributed by atoms with Crippen molar-refractivity contribution in [2.24, 2.45) is 4.99 Å². The molecule has 1 N–H and O–H groups in total. The van der Waals surface area contributed by atoms with Crippen LogP contribution in [-0.2, 0) is 5.54 Å². The predicted molar refractivity (Wildman–Crippen MR) is 57.1 cm³/mol. The first kappa shape index (κ1) is 14.0. The summed E-state index contributed by atoms with van der Waals surface area (Å²) in [4.78, 5) is 2.62. The Balaban J connectivity index is 2.83. The van der Waals surface area contributed by atoms with Crippen LogP contribution in [0.5, 0.6) is 0 Å². The maximum atomic E-state index is 13.0. The number of nitrogens with one attached hydrogen (secondary N) is 1. The number of amidine groups is 1. The third-order valence-electron chi connectivity index (χ3n) is 2.64. The highest BCUT2D eigenvalue weighted by molar-refractivity contribution is 6.67. The van der Waals surface area contributed by atoms with Gasteiger partial charge in [0.1, 0.15) is 0 Å². The number of hydrogen-bond donors (Lipinski definition) is 1. The Morgan fingerprint density at radius 2 is 1.53 bits per heavy atom. The lowest BCUT2D eigenvalue weighted by Crippen LogP contribution is -2.54. The Labute approximate surface area is 108 Å². The molecule has 0 atom stereocenters. The summed E-state index contributed by atoms with van der Waals surface area (Å²) in [5, 5.41) is 1.21. The fraction of sp³-hybridized carbons (Fsp3) is 0.300. The first-order valence-electron chi connectivity index (χ1n) is 4.85. The van der Waals surface area contributed by atoms with Crippen LogP contribution >= 0.6 is 11.6 Å². The molecule has 0 spiro atoms. The lowest BCUT2D eigenvalue weighted by molar-refractivity contribution is -0.300. The summed E-state index contributed by atoms with van der Waals surface area (Å²) in [5.41, 5.74) is -5.75. The van der Waals surface area contributed by atoms with Crippen molar-refractivity contribution in [1.82, 2.24) is 0 Å². The topological polar surface area (TPSA) is 24.4 Å². The van der Waals surface area contributed by atoms with E-state index >= 15 is 0 Å². The zero-order valence-corrected chi connectivity index (χ0v) is 9.66. The number of halogens is 7. The SMILES string of the molecule is FC(F)(F)C1(C(F)(F)F)N=C(Cl)Nc2ccccc21. The lowest BCUT2D eigenvalue weighted by atomic mass is 9.86. The van der Waals surface area contributed by atoms with Crippen molar-refractivity contribution in [3.8, 4) is 0 Å². The van der Waals surface area contributed by atoms with Gasteiger partial charge in [-0.2, -0.15) is 26.3 Å². The molecular formula is C10H5ClF6N2. The van der Waals surface area contributed by atoms with E-state index in [0.29, 0.717) is 0 Å². The highest BCUT2D eigenvalue weighted by atomic mass is 35.5. The van der Waals surface area contributed by atoms with Crippen LogP contribution in [0, 0.1) is 0 Å². The molecule has 0 fully saturated rings. The first-order valence-corrected chi connectivity index (χ1v) is 5.23. The van der Waals surface area contributed by atoms with Crippen LogP contribution in [0.25, 0.3) is 0 Å². The number of anilines is 1. The molecule has 1 aromatic carbocycles. The molecule has 19 heavy (non-hydrogen) atoms. The summed E-state index contributed by atoms with van der Waals surface area (Å²) in [6.07, 6.45) is -11.3. The minimum Gasteiger partial charge on any atom is -0.330 e. The number of rotatable bonds is 0. The van der Waals surface area contributed by atoms with Gasteiger partial charge in [0.05, 0.1) is 0 Å². The van der Waals surface area contributed by atoms with E-state index in [1.807, 2.05) is 0 Å². The van der Waals surface area contributed by atoms with Gasteiger partial charge in [-0.05, 0) is 17.7 Å². The second kappa shape index (κ2) is 4.03. The van der Waals surface area contributed by atoms with E-state index in [1.165, 1.54) is 6.07 Å². The van der Waals surface area contributed by atoms with Gasteiger partial charge in [0.25, 0.3) is 5.54 Å². The standard InChI is InChI=1S/C10H5ClF6N2/c11-7-18-6-4-2-1-3-5(6)8(19-7,9(12,13)14)10(15,16)17/h1-4H,(H,18,19). The third-order valence-corrected chi connectivity index (χ3v) is 2.82. The van der Waals surface area contributed by atoms with E-state index in [0.717, 1.165) is 18.2 Å². The second-order valence-electron chi connectivity index (χ2n) is 3.78. The molecule has 104 valence electrons. The largest absolute Gasteiger partial charge is 0.427 e.